The Kier molecular flexibility index (Phi) is 4.73. The molecule has 0 aliphatic rings. The largest absolute Gasteiger partial charge is 0.508 e. The van der Waals surface area contributed by atoms with Gasteiger partial charge in [0.05, 0.1) is 18.1 Å². The smallest absolute Gasteiger partial charge is 0.417 e. The van der Waals surface area contributed by atoms with Crippen LogP contribution < -0.4 is 10.2 Å². The predicted molar refractivity (Wildman–Crippen MR) is 107 cm³/mol. The van der Waals surface area contributed by atoms with Gasteiger partial charge in [-0.3, -0.25) is 4.79 Å². The van der Waals surface area contributed by atoms with Gasteiger partial charge in [-0.1, -0.05) is 42.5 Å². The van der Waals surface area contributed by atoms with Crippen LogP contribution >= 0.6 is 0 Å². The number of benzene rings is 3. The summed E-state index contributed by atoms with van der Waals surface area (Å²) in [5, 5.41) is 9.34. The van der Waals surface area contributed by atoms with E-state index in [9.17, 15) is 23.1 Å². The second-order valence-corrected chi connectivity index (χ2v) is 6.57. The summed E-state index contributed by atoms with van der Waals surface area (Å²) in [5.74, 6) is -0.149. The van der Waals surface area contributed by atoms with Crippen LogP contribution in [0.4, 0.5) is 13.2 Å². The molecule has 1 N–H and O–H groups in total. The van der Waals surface area contributed by atoms with Crippen LogP contribution in [0.15, 0.2) is 75.9 Å². The minimum atomic E-state index is -4.68. The van der Waals surface area contributed by atoms with E-state index >= 15 is 0 Å². The number of hydrogen-bond acceptors (Lipinski definition) is 4. The number of fused-ring (bicyclic) bond motifs is 1. The number of rotatable bonds is 3. The van der Waals surface area contributed by atoms with Gasteiger partial charge in [0.2, 0.25) is 5.43 Å². The Morgan fingerprint density at radius 3 is 2.10 bits per heavy atom. The summed E-state index contributed by atoms with van der Waals surface area (Å²) in [6, 6.07) is 15.6. The molecule has 0 saturated heterocycles. The molecule has 1 heterocycles. The first-order valence-electron chi connectivity index (χ1n) is 8.91. The van der Waals surface area contributed by atoms with Crippen molar-refractivity contribution >= 4 is 11.0 Å². The molecule has 7 heteroatoms. The van der Waals surface area contributed by atoms with Crippen molar-refractivity contribution in [2.45, 2.75) is 6.18 Å². The number of phenolic OH excluding ortho intramolecular Hbond substituents is 1. The molecule has 0 aliphatic carbocycles. The van der Waals surface area contributed by atoms with Gasteiger partial charge in [-0.15, -0.1) is 0 Å². The van der Waals surface area contributed by atoms with Gasteiger partial charge in [-0.2, -0.15) is 13.2 Å². The molecular formula is C23H15F3O4. The maximum atomic E-state index is 13.8. The van der Waals surface area contributed by atoms with Gasteiger partial charge in [-0.25, -0.2) is 0 Å². The van der Waals surface area contributed by atoms with Crippen molar-refractivity contribution in [1.82, 2.24) is 0 Å². The van der Waals surface area contributed by atoms with Crippen molar-refractivity contribution in [2.75, 3.05) is 7.11 Å². The molecule has 152 valence electrons. The van der Waals surface area contributed by atoms with Gasteiger partial charge in [0.15, 0.2) is 0 Å². The van der Waals surface area contributed by atoms with Crippen LogP contribution in [0.1, 0.15) is 5.56 Å². The lowest BCUT2D eigenvalue weighted by Crippen LogP contribution is -2.13. The van der Waals surface area contributed by atoms with E-state index in [1.807, 2.05) is 0 Å². The second kappa shape index (κ2) is 7.26. The number of hydrogen-bond donors (Lipinski definition) is 1. The lowest BCUT2D eigenvalue weighted by molar-refractivity contribution is -0.137. The Labute approximate surface area is 168 Å². The van der Waals surface area contributed by atoms with Gasteiger partial charge in [0.1, 0.15) is 16.9 Å². The van der Waals surface area contributed by atoms with Crippen LogP contribution in [-0.2, 0) is 6.18 Å². The minimum absolute atomic E-state index is 0.0211. The normalized spacial score (nSPS) is 11.6. The third kappa shape index (κ3) is 3.28. The Balaban J connectivity index is 2.18. The zero-order chi connectivity index (χ0) is 21.5. The summed E-state index contributed by atoms with van der Waals surface area (Å²) in [6.07, 6.45) is -4.68. The average Bonchev–Trinajstić information content (AvgIpc) is 2.73. The highest BCUT2D eigenvalue weighted by Crippen LogP contribution is 2.42. The number of ether oxygens (including phenoxy) is 1. The summed E-state index contributed by atoms with van der Waals surface area (Å²) in [4.78, 5) is 13.5. The van der Waals surface area contributed by atoms with E-state index in [-0.39, 0.29) is 39.4 Å². The fourth-order valence-corrected chi connectivity index (χ4v) is 3.42. The minimum Gasteiger partial charge on any atom is -0.508 e. The number of aromatic hydroxyl groups is 1. The number of alkyl halides is 3. The van der Waals surface area contributed by atoms with Crippen molar-refractivity contribution in [3.63, 3.8) is 0 Å². The van der Waals surface area contributed by atoms with Crippen molar-refractivity contribution in [2.24, 2.45) is 0 Å². The van der Waals surface area contributed by atoms with Gasteiger partial charge in [0, 0.05) is 5.56 Å². The molecule has 4 nitrogen and oxygen atoms in total. The highest BCUT2D eigenvalue weighted by atomic mass is 19.4. The monoisotopic (exact) mass is 412 g/mol. The lowest BCUT2D eigenvalue weighted by Gasteiger charge is -2.17. The molecule has 0 fully saturated rings. The highest BCUT2D eigenvalue weighted by Gasteiger charge is 2.36. The zero-order valence-corrected chi connectivity index (χ0v) is 15.7. The molecule has 0 bridgehead atoms. The Hall–Kier alpha value is -3.74. The summed E-state index contributed by atoms with van der Waals surface area (Å²) in [7, 11) is 1.30. The highest BCUT2D eigenvalue weighted by molar-refractivity contribution is 5.98. The molecule has 0 aliphatic heterocycles. The van der Waals surface area contributed by atoms with E-state index in [4.69, 9.17) is 9.15 Å². The first-order chi connectivity index (χ1) is 14.3. The zero-order valence-electron chi connectivity index (χ0n) is 15.7. The van der Waals surface area contributed by atoms with Crippen LogP contribution in [0.2, 0.25) is 0 Å². The maximum absolute atomic E-state index is 13.8. The lowest BCUT2D eigenvalue weighted by atomic mass is 9.93. The van der Waals surface area contributed by atoms with Crippen molar-refractivity contribution in [3.05, 3.63) is 82.5 Å². The third-order valence-corrected chi connectivity index (χ3v) is 4.74. The molecule has 0 saturated carbocycles. The molecule has 4 rings (SSSR count). The molecule has 1 aromatic heterocycles. The molecule has 0 amide bonds. The average molecular weight is 412 g/mol. The van der Waals surface area contributed by atoms with E-state index in [0.29, 0.717) is 5.56 Å². The van der Waals surface area contributed by atoms with Crippen molar-refractivity contribution < 1.29 is 27.4 Å². The van der Waals surface area contributed by atoms with E-state index < -0.39 is 17.2 Å². The quantitative estimate of drug-likeness (QED) is 0.458. The van der Waals surface area contributed by atoms with E-state index in [0.717, 1.165) is 12.1 Å². The van der Waals surface area contributed by atoms with Crippen LogP contribution in [0, 0.1) is 0 Å². The molecule has 30 heavy (non-hydrogen) atoms. The number of phenols is 1. The van der Waals surface area contributed by atoms with E-state index in [1.54, 1.807) is 18.2 Å². The third-order valence-electron chi connectivity index (χ3n) is 4.74. The second-order valence-electron chi connectivity index (χ2n) is 6.57. The van der Waals surface area contributed by atoms with Crippen LogP contribution in [0.5, 0.6) is 11.7 Å². The SMILES string of the molecule is COc1oc2ccc(C(F)(F)F)c(-c3ccccc3)c2c(=O)c1-c1ccc(O)cc1. The van der Waals surface area contributed by atoms with Crippen LogP contribution in [0.3, 0.4) is 0 Å². The van der Waals surface area contributed by atoms with Gasteiger partial charge < -0.3 is 14.3 Å². The standard InChI is InChI=1S/C23H15F3O4/c1-29-22-19(14-7-9-15(27)10-8-14)21(28)20-17(30-22)12-11-16(23(24,25)26)18(20)13-5-3-2-4-6-13/h2-12,27H,1H3. The summed E-state index contributed by atoms with van der Waals surface area (Å²) >= 11 is 0. The first kappa shape index (κ1) is 19.6. The fraction of sp³-hybridized carbons (Fsp3) is 0.0870. The summed E-state index contributed by atoms with van der Waals surface area (Å²) < 4.78 is 52.4. The molecular weight excluding hydrogens is 397 g/mol. The molecule has 4 aromatic rings. The van der Waals surface area contributed by atoms with Crippen molar-refractivity contribution in [1.29, 1.82) is 0 Å². The molecule has 0 radical (unpaired) electrons. The van der Waals surface area contributed by atoms with Gasteiger partial charge >= 0.3 is 6.18 Å². The fourth-order valence-electron chi connectivity index (χ4n) is 3.42. The number of halogens is 3. The van der Waals surface area contributed by atoms with Gasteiger partial charge in [0.25, 0.3) is 5.95 Å². The molecule has 0 unspecified atom stereocenters. The van der Waals surface area contributed by atoms with Crippen molar-refractivity contribution in [3.8, 4) is 33.9 Å². The molecule has 3 aromatic carbocycles. The van der Waals surface area contributed by atoms with Crippen LogP contribution in [-0.4, -0.2) is 12.2 Å². The Morgan fingerprint density at radius 2 is 1.50 bits per heavy atom. The molecule has 0 spiro atoms. The Morgan fingerprint density at radius 1 is 0.867 bits per heavy atom. The Bertz CT molecular complexity index is 1270. The molecule has 0 atom stereocenters. The summed E-state index contributed by atoms with van der Waals surface area (Å²) in [5.41, 5.74) is -1.31. The topological polar surface area (TPSA) is 59.7 Å². The summed E-state index contributed by atoms with van der Waals surface area (Å²) in [6.45, 7) is 0. The predicted octanol–water partition coefficient (Wildman–Crippen LogP) is 5.86. The van der Waals surface area contributed by atoms with E-state index in [2.05, 4.69) is 0 Å². The van der Waals surface area contributed by atoms with Crippen LogP contribution in [0.25, 0.3) is 33.2 Å². The maximum Gasteiger partial charge on any atom is 0.417 e. The van der Waals surface area contributed by atoms with Gasteiger partial charge in [-0.05, 0) is 35.4 Å². The number of methoxy groups -OCH3 is 1. The first-order valence-corrected chi connectivity index (χ1v) is 8.91. The van der Waals surface area contributed by atoms with E-state index in [1.165, 1.54) is 43.5 Å².